The number of imidazole rings is 1. The third kappa shape index (κ3) is 7.06. The van der Waals surface area contributed by atoms with Crippen molar-refractivity contribution < 1.29 is 14.6 Å². The molecule has 0 spiro atoms. The SMILES string of the molecule is COc1ccc2nccc(CCCC3CCN(CCCCc4nccn4C)CC3CCC(=O)O)c2c1. The molecule has 7 nitrogen and oxygen atoms in total. The molecule has 194 valence electrons. The van der Waals surface area contributed by atoms with Gasteiger partial charge in [0, 0.05) is 50.4 Å². The third-order valence-electron chi connectivity index (χ3n) is 7.81. The standard InChI is InChI=1S/C29H40N4O3/c1-32-19-16-31-28(32)8-3-4-17-33-18-14-22(24(21-33)9-12-29(34)35)6-5-7-23-13-15-30-27-11-10-25(36-2)20-26(23)27/h10-11,13,15-16,19-20,22,24H,3-9,12,14,17-18,21H2,1-2H3,(H,34,35). The van der Waals surface area contributed by atoms with Crippen molar-refractivity contribution in [3.8, 4) is 5.75 Å². The molecule has 2 aromatic heterocycles. The number of aliphatic carboxylic acids is 1. The first-order valence-electron chi connectivity index (χ1n) is 13.4. The first-order chi connectivity index (χ1) is 17.5. The maximum Gasteiger partial charge on any atom is 0.303 e. The average Bonchev–Trinajstić information content (AvgIpc) is 3.30. The Morgan fingerprint density at radius 1 is 1.08 bits per heavy atom. The van der Waals surface area contributed by atoms with Crippen molar-refractivity contribution in [1.82, 2.24) is 19.4 Å². The van der Waals surface area contributed by atoms with Crippen molar-refractivity contribution in [1.29, 1.82) is 0 Å². The van der Waals surface area contributed by atoms with Gasteiger partial charge in [-0.05, 0) is 99.7 Å². The van der Waals surface area contributed by atoms with Crippen LogP contribution in [0.25, 0.3) is 10.9 Å². The van der Waals surface area contributed by atoms with E-state index in [9.17, 15) is 9.90 Å². The largest absolute Gasteiger partial charge is 0.497 e. The Balaban J connectivity index is 1.29. The Bertz CT molecular complexity index is 1130. The highest BCUT2D eigenvalue weighted by molar-refractivity contribution is 5.83. The first kappa shape index (κ1) is 26.1. The Hall–Kier alpha value is -2.93. The molecule has 2 unspecified atom stereocenters. The van der Waals surface area contributed by atoms with Gasteiger partial charge >= 0.3 is 5.97 Å². The second-order valence-corrected chi connectivity index (χ2v) is 10.2. The number of aryl methyl sites for hydroxylation is 3. The summed E-state index contributed by atoms with van der Waals surface area (Å²) in [5.41, 5.74) is 2.31. The van der Waals surface area contributed by atoms with Crippen LogP contribution in [0.2, 0.25) is 0 Å². The van der Waals surface area contributed by atoms with Crippen molar-refractivity contribution >= 4 is 16.9 Å². The molecule has 0 aliphatic carbocycles. The predicted molar refractivity (Wildman–Crippen MR) is 142 cm³/mol. The molecule has 0 bridgehead atoms. The van der Waals surface area contributed by atoms with Gasteiger partial charge in [0.15, 0.2) is 0 Å². The van der Waals surface area contributed by atoms with Crippen LogP contribution in [0.3, 0.4) is 0 Å². The van der Waals surface area contributed by atoms with E-state index in [0.717, 1.165) is 88.1 Å². The molecular formula is C29H40N4O3. The Kier molecular flexibility index (Phi) is 9.34. The number of benzene rings is 1. The van der Waals surface area contributed by atoms with Gasteiger partial charge in [-0.15, -0.1) is 0 Å². The van der Waals surface area contributed by atoms with E-state index in [-0.39, 0.29) is 6.42 Å². The summed E-state index contributed by atoms with van der Waals surface area (Å²) in [6.45, 7) is 3.23. The van der Waals surface area contributed by atoms with Crippen molar-refractivity contribution in [2.45, 2.75) is 57.8 Å². The molecule has 0 radical (unpaired) electrons. The lowest BCUT2D eigenvalue weighted by atomic mass is 9.79. The molecule has 1 saturated heterocycles. The molecule has 0 saturated carbocycles. The normalized spacial score (nSPS) is 18.5. The maximum absolute atomic E-state index is 11.3. The van der Waals surface area contributed by atoms with Gasteiger partial charge < -0.3 is 19.3 Å². The minimum Gasteiger partial charge on any atom is -0.497 e. The lowest BCUT2D eigenvalue weighted by Gasteiger charge is -2.39. The number of carboxylic acid groups (broad SMARTS) is 1. The van der Waals surface area contributed by atoms with Crippen LogP contribution < -0.4 is 4.74 Å². The second kappa shape index (κ2) is 12.9. The molecule has 3 aromatic rings. The number of fused-ring (bicyclic) bond motifs is 1. The monoisotopic (exact) mass is 492 g/mol. The number of pyridine rings is 1. The zero-order chi connectivity index (χ0) is 25.3. The number of methoxy groups -OCH3 is 1. The smallest absolute Gasteiger partial charge is 0.303 e. The second-order valence-electron chi connectivity index (χ2n) is 10.2. The highest BCUT2D eigenvalue weighted by Crippen LogP contribution is 2.32. The molecule has 4 rings (SSSR count). The number of unbranched alkanes of at least 4 members (excludes halogenated alkanes) is 1. The third-order valence-corrected chi connectivity index (χ3v) is 7.81. The van der Waals surface area contributed by atoms with Crippen LogP contribution in [0.1, 0.15) is 56.3 Å². The van der Waals surface area contributed by atoms with Gasteiger partial charge in [-0.3, -0.25) is 9.78 Å². The quantitative estimate of drug-likeness (QED) is 0.333. The zero-order valence-electron chi connectivity index (χ0n) is 21.7. The molecule has 3 heterocycles. The zero-order valence-corrected chi connectivity index (χ0v) is 21.7. The highest BCUT2D eigenvalue weighted by Gasteiger charge is 2.29. The molecule has 36 heavy (non-hydrogen) atoms. The van der Waals surface area contributed by atoms with Gasteiger partial charge in [-0.25, -0.2) is 4.98 Å². The molecule has 1 fully saturated rings. The molecule has 7 heteroatoms. The van der Waals surface area contributed by atoms with Crippen LogP contribution >= 0.6 is 0 Å². The lowest BCUT2D eigenvalue weighted by molar-refractivity contribution is -0.137. The molecular weight excluding hydrogens is 452 g/mol. The van der Waals surface area contributed by atoms with Gasteiger partial charge in [0.05, 0.1) is 12.6 Å². The molecule has 0 amide bonds. The summed E-state index contributed by atoms with van der Waals surface area (Å²) in [6, 6.07) is 8.18. The lowest BCUT2D eigenvalue weighted by Crippen LogP contribution is -2.41. The van der Waals surface area contributed by atoms with Crippen LogP contribution in [0.4, 0.5) is 0 Å². The molecule has 1 aliphatic heterocycles. The summed E-state index contributed by atoms with van der Waals surface area (Å²) >= 11 is 0. The summed E-state index contributed by atoms with van der Waals surface area (Å²) in [4.78, 5) is 22.8. The maximum atomic E-state index is 11.3. The van der Waals surface area contributed by atoms with Gasteiger partial charge in [-0.1, -0.05) is 0 Å². The minimum absolute atomic E-state index is 0.267. The van der Waals surface area contributed by atoms with E-state index in [1.807, 2.05) is 37.8 Å². The topological polar surface area (TPSA) is 80.5 Å². The van der Waals surface area contributed by atoms with Crippen LogP contribution in [0, 0.1) is 11.8 Å². The van der Waals surface area contributed by atoms with E-state index in [0.29, 0.717) is 11.8 Å². The number of hydrogen-bond donors (Lipinski definition) is 1. The van der Waals surface area contributed by atoms with E-state index >= 15 is 0 Å². The molecule has 1 aliphatic rings. The molecule has 1 N–H and O–H groups in total. The number of carboxylic acids is 1. The van der Waals surface area contributed by atoms with E-state index in [4.69, 9.17) is 4.74 Å². The number of aromatic nitrogens is 3. The van der Waals surface area contributed by atoms with Crippen LogP contribution in [-0.2, 0) is 24.7 Å². The van der Waals surface area contributed by atoms with Gasteiger partial charge in [0.25, 0.3) is 0 Å². The summed E-state index contributed by atoms with van der Waals surface area (Å²) in [7, 11) is 3.75. The van der Waals surface area contributed by atoms with Crippen LogP contribution in [-0.4, -0.2) is 57.3 Å². The Morgan fingerprint density at radius 2 is 1.97 bits per heavy atom. The number of ether oxygens (including phenoxy) is 1. The summed E-state index contributed by atoms with van der Waals surface area (Å²) in [5.74, 6) is 2.37. The highest BCUT2D eigenvalue weighted by atomic mass is 16.5. The fourth-order valence-electron chi connectivity index (χ4n) is 5.71. The van der Waals surface area contributed by atoms with Crippen molar-refractivity contribution in [2.24, 2.45) is 18.9 Å². The van der Waals surface area contributed by atoms with Crippen molar-refractivity contribution in [3.05, 3.63) is 54.2 Å². The fourth-order valence-corrected chi connectivity index (χ4v) is 5.71. The average molecular weight is 493 g/mol. The van der Waals surface area contributed by atoms with Crippen molar-refractivity contribution in [2.75, 3.05) is 26.7 Å². The Labute approximate surface area is 214 Å². The summed E-state index contributed by atoms with van der Waals surface area (Å²) in [5, 5.41) is 10.5. The Morgan fingerprint density at radius 3 is 2.75 bits per heavy atom. The fraction of sp³-hybridized carbons (Fsp3) is 0.552. The van der Waals surface area contributed by atoms with Crippen molar-refractivity contribution in [3.63, 3.8) is 0 Å². The number of carbonyl (C=O) groups is 1. The van der Waals surface area contributed by atoms with E-state index in [2.05, 4.69) is 31.6 Å². The predicted octanol–water partition coefficient (Wildman–Crippen LogP) is 5.13. The number of piperidine rings is 1. The van der Waals surface area contributed by atoms with Gasteiger partial charge in [0.1, 0.15) is 11.6 Å². The molecule has 1 aromatic carbocycles. The summed E-state index contributed by atoms with van der Waals surface area (Å²) in [6.07, 6.45) is 14.5. The van der Waals surface area contributed by atoms with E-state index < -0.39 is 5.97 Å². The number of rotatable bonds is 13. The number of nitrogens with zero attached hydrogens (tertiary/aromatic N) is 4. The number of hydrogen-bond acceptors (Lipinski definition) is 5. The molecule has 2 atom stereocenters. The van der Waals surface area contributed by atoms with Crippen LogP contribution in [0.15, 0.2) is 42.9 Å². The van der Waals surface area contributed by atoms with E-state index in [1.54, 1.807) is 7.11 Å². The van der Waals surface area contributed by atoms with Gasteiger partial charge in [-0.2, -0.15) is 0 Å². The number of likely N-dealkylation sites (tertiary alicyclic amines) is 1. The first-order valence-corrected chi connectivity index (χ1v) is 13.4. The van der Waals surface area contributed by atoms with E-state index in [1.165, 1.54) is 10.9 Å². The minimum atomic E-state index is -0.682. The van der Waals surface area contributed by atoms with Gasteiger partial charge in [0.2, 0.25) is 0 Å². The summed E-state index contributed by atoms with van der Waals surface area (Å²) < 4.78 is 7.52. The van der Waals surface area contributed by atoms with Crippen LogP contribution in [0.5, 0.6) is 5.75 Å².